The maximum absolute atomic E-state index is 8.71. The first kappa shape index (κ1) is 11.8. The third-order valence-electron chi connectivity index (χ3n) is 2.51. The van der Waals surface area contributed by atoms with E-state index in [4.69, 9.17) is 5.26 Å². The molecule has 2 aromatic carbocycles. The van der Waals surface area contributed by atoms with Crippen molar-refractivity contribution in [2.24, 2.45) is 0 Å². The van der Waals surface area contributed by atoms with Gasteiger partial charge in [-0.15, -0.1) is 11.8 Å². The zero-order valence-corrected chi connectivity index (χ0v) is 10.5. The van der Waals surface area contributed by atoms with Crippen molar-refractivity contribution in [2.75, 3.05) is 0 Å². The average Bonchev–Trinajstić information content (AvgIpc) is 2.39. The topological polar surface area (TPSA) is 23.8 Å². The van der Waals surface area contributed by atoms with Crippen LogP contribution in [0, 0.1) is 18.3 Å². The molecule has 0 aliphatic carbocycles. The lowest BCUT2D eigenvalue weighted by atomic mass is 10.2. The van der Waals surface area contributed by atoms with E-state index in [0.717, 1.165) is 5.75 Å². The summed E-state index contributed by atoms with van der Waals surface area (Å²) < 4.78 is 0. The molecule has 17 heavy (non-hydrogen) atoms. The summed E-state index contributed by atoms with van der Waals surface area (Å²) in [6.07, 6.45) is 0. The summed E-state index contributed by atoms with van der Waals surface area (Å²) in [4.78, 5) is 1.28. The zero-order chi connectivity index (χ0) is 12.1. The zero-order valence-electron chi connectivity index (χ0n) is 9.68. The van der Waals surface area contributed by atoms with Crippen LogP contribution in [-0.4, -0.2) is 0 Å². The van der Waals surface area contributed by atoms with Crippen LogP contribution in [0.25, 0.3) is 0 Å². The maximum atomic E-state index is 8.71. The molecular formula is C15H13NS. The Labute approximate surface area is 106 Å². The number of aryl methyl sites for hydroxylation is 1. The fourth-order valence-electron chi connectivity index (χ4n) is 1.48. The van der Waals surface area contributed by atoms with Crippen molar-refractivity contribution in [3.8, 4) is 6.07 Å². The minimum Gasteiger partial charge on any atom is -0.192 e. The van der Waals surface area contributed by atoms with Gasteiger partial charge in [-0.3, -0.25) is 0 Å². The Morgan fingerprint density at radius 1 is 1.00 bits per heavy atom. The van der Waals surface area contributed by atoms with Crippen LogP contribution in [-0.2, 0) is 5.75 Å². The molecule has 0 heterocycles. The van der Waals surface area contributed by atoms with Gasteiger partial charge in [0.15, 0.2) is 0 Å². The van der Waals surface area contributed by atoms with Crippen LogP contribution in [0.5, 0.6) is 0 Å². The Bertz CT molecular complexity index is 520. The first-order valence-corrected chi connectivity index (χ1v) is 6.45. The van der Waals surface area contributed by atoms with Gasteiger partial charge in [-0.25, -0.2) is 0 Å². The van der Waals surface area contributed by atoms with Gasteiger partial charge >= 0.3 is 0 Å². The summed E-state index contributed by atoms with van der Waals surface area (Å²) in [6, 6.07) is 18.4. The molecule has 1 nitrogen and oxygen atoms in total. The Hall–Kier alpha value is -1.72. The van der Waals surface area contributed by atoms with Gasteiger partial charge in [0, 0.05) is 10.6 Å². The van der Waals surface area contributed by atoms with E-state index in [0.29, 0.717) is 5.56 Å². The molecule has 0 aliphatic rings. The van der Waals surface area contributed by atoms with Crippen LogP contribution in [0.4, 0.5) is 0 Å². The Morgan fingerprint density at radius 2 is 1.65 bits per heavy atom. The highest BCUT2D eigenvalue weighted by Gasteiger charge is 1.97. The number of benzene rings is 2. The largest absolute Gasteiger partial charge is 0.192 e. The van der Waals surface area contributed by atoms with E-state index in [1.807, 2.05) is 36.0 Å². The molecule has 0 aromatic heterocycles. The molecule has 0 bridgehead atoms. The van der Waals surface area contributed by atoms with Crippen molar-refractivity contribution in [3.63, 3.8) is 0 Å². The van der Waals surface area contributed by atoms with Gasteiger partial charge in [0.2, 0.25) is 0 Å². The monoisotopic (exact) mass is 239 g/mol. The minimum absolute atomic E-state index is 0.717. The second-order valence-corrected chi connectivity index (χ2v) is 4.96. The molecule has 0 spiro atoms. The standard InChI is InChI=1S/C15H13NS/c1-12-2-8-15(9-3-12)17-11-14-6-4-13(10-16)5-7-14/h2-9H,11H2,1H3. The average molecular weight is 239 g/mol. The van der Waals surface area contributed by atoms with E-state index in [2.05, 4.69) is 37.3 Å². The molecule has 0 unspecified atom stereocenters. The number of nitriles is 1. The third-order valence-corrected chi connectivity index (χ3v) is 3.59. The molecule has 0 N–H and O–H groups in total. The van der Waals surface area contributed by atoms with Gasteiger partial charge < -0.3 is 0 Å². The molecular weight excluding hydrogens is 226 g/mol. The first-order valence-electron chi connectivity index (χ1n) is 5.46. The van der Waals surface area contributed by atoms with Gasteiger partial charge in [-0.1, -0.05) is 29.8 Å². The summed E-state index contributed by atoms with van der Waals surface area (Å²) in [5.41, 5.74) is 3.25. The normalized spacial score (nSPS) is 9.88. The summed E-state index contributed by atoms with van der Waals surface area (Å²) in [5, 5.41) is 8.71. The van der Waals surface area contributed by atoms with E-state index in [9.17, 15) is 0 Å². The van der Waals surface area contributed by atoms with E-state index in [1.54, 1.807) is 0 Å². The van der Waals surface area contributed by atoms with Crippen LogP contribution in [0.2, 0.25) is 0 Å². The fraction of sp³-hybridized carbons (Fsp3) is 0.133. The Balaban J connectivity index is 1.98. The molecule has 0 aliphatic heterocycles. The predicted octanol–water partition coefficient (Wildman–Crippen LogP) is 4.16. The minimum atomic E-state index is 0.717. The molecule has 0 amide bonds. The molecule has 0 radical (unpaired) electrons. The van der Waals surface area contributed by atoms with Crippen LogP contribution in [0.1, 0.15) is 16.7 Å². The van der Waals surface area contributed by atoms with Crippen molar-refractivity contribution < 1.29 is 0 Å². The van der Waals surface area contributed by atoms with Crippen LogP contribution < -0.4 is 0 Å². The summed E-state index contributed by atoms with van der Waals surface area (Å²) in [7, 11) is 0. The lowest BCUT2D eigenvalue weighted by Gasteiger charge is -2.02. The van der Waals surface area contributed by atoms with E-state index < -0.39 is 0 Å². The second kappa shape index (κ2) is 5.56. The lowest BCUT2D eigenvalue weighted by Crippen LogP contribution is -1.82. The molecule has 2 heteroatoms. The maximum Gasteiger partial charge on any atom is 0.0991 e. The molecule has 2 rings (SSSR count). The molecule has 2 aromatic rings. The SMILES string of the molecule is Cc1ccc(SCc2ccc(C#N)cc2)cc1. The van der Waals surface area contributed by atoms with Crippen molar-refractivity contribution in [2.45, 2.75) is 17.6 Å². The summed E-state index contributed by atoms with van der Waals surface area (Å²) in [6.45, 7) is 2.09. The highest BCUT2D eigenvalue weighted by molar-refractivity contribution is 7.98. The van der Waals surface area contributed by atoms with Crippen molar-refractivity contribution >= 4 is 11.8 Å². The quantitative estimate of drug-likeness (QED) is 0.751. The van der Waals surface area contributed by atoms with Gasteiger partial charge in [0.25, 0.3) is 0 Å². The van der Waals surface area contributed by atoms with Crippen molar-refractivity contribution in [3.05, 3.63) is 65.2 Å². The van der Waals surface area contributed by atoms with Gasteiger partial charge in [-0.2, -0.15) is 5.26 Å². The first-order chi connectivity index (χ1) is 8.28. The van der Waals surface area contributed by atoms with E-state index >= 15 is 0 Å². The van der Waals surface area contributed by atoms with E-state index in [-0.39, 0.29) is 0 Å². The van der Waals surface area contributed by atoms with Gasteiger partial charge in [0.1, 0.15) is 0 Å². The van der Waals surface area contributed by atoms with Gasteiger partial charge in [0.05, 0.1) is 11.6 Å². The number of hydrogen-bond donors (Lipinski definition) is 0. The van der Waals surface area contributed by atoms with Crippen molar-refractivity contribution in [1.29, 1.82) is 5.26 Å². The number of thioether (sulfide) groups is 1. The van der Waals surface area contributed by atoms with Gasteiger partial charge in [-0.05, 0) is 36.8 Å². The third kappa shape index (κ3) is 3.37. The molecule has 84 valence electrons. The molecule has 0 fully saturated rings. The summed E-state index contributed by atoms with van der Waals surface area (Å²) >= 11 is 1.81. The molecule has 0 saturated heterocycles. The highest BCUT2D eigenvalue weighted by atomic mass is 32.2. The summed E-state index contributed by atoms with van der Waals surface area (Å²) in [5.74, 6) is 0.939. The Morgan fingerprint density at radius 3 is 2.24 bits per heavy atom. The number of nitrogens with zero attached hydrogens (tertiary/aromatic N) is 1. The number of hydrogen-bond acceptors (Lipinski definition) is 2. The fourth-order valence-corrected chi connectivity index (χ4v) is 2.33. The molecule has 0 atom stereocenters. The van der Waals surface area contributed by atoms with Crippen LogP contribution in [0.3, 0.4) is 0 Å². The van der Waals surface area contributed by atoms with Crippen LogP contribution >= 0.6 is 11.8 Å². The van der Waals surface area contributed by atoms with E-state index in [1.165, 1.54) is 16.0 Å². The Kier molecular flexibility index (Phi) is 3.85. The second-order valence-electron chi connectivity index (χ2n) is 3.91. The highest BCUT2D eigenvalue weighted by Crippen LogP contribution is 2.23. The predicted molar refractivity (Wildman–Crippen MR) is 71.9 cm³/mol. The number of rotatable bonds is 3. The van der Waals surface area contributed by atoms with Crippen LogP contribution in [0.15, 0.2) is 53.4 Å². The molecule has 0 saturated carbocycles. The smallest absolute Gasteiger partial charge is 0.0991 e. The lowest BCUT2D eigenvalue weighted by molar-refractivity contribution is 1.35. The van der Waals surface area contributed by atoms with Crippen molar-refractivity contribution in [1.82, 2.24) is 0 Å².